The number of esters is 1. The molecule has 27 heavy (non-hydrogen) atoms. The number of hydrogen-bond acceptors (Lipinski definition) is 6. The van der Waals surface area contributed by atoms with Crippen molar-refractivity contribution in [2.45, 2.75) is 20.0 Å². The topological polar surface area (TPSA) is 76.8 Å². The number of furan rings is 1. The number of nitrogens with zero attached hydrogens (tertiary/aromatic N) is 1. The highest BCUT2D eigenvalue weighted by molar-refractivity contribution is 9.10. The number of thioether (sulfide) groups is 1. The van der Waals surface area contributed by atoms with Gasteiger partial charge in [-0.2, -0.15) is 0 Å². The summed E-state index contributed by atoms with van der Waals surface area (Å²) in [6, 6.07) is 11.1. The summed E-state index contributed by atoms with van der Waals surface area (Å²) >= 11 is 4.18. The summed E-state index contributed by atoms with van der Waals surface area (Å²) in [5, 5.41) is -0.509. The molecule has 6 nitrogen and oxygen atoms in total. The molecule has 1 fully saturated rings. The third kappa shape index (κ3) is 4.70. The standard InChI is InChI=1S/C19H16BrNO5S/c1-11(2)25-17(22)10-21-18(23)16(27-19(21)24)9-14-6-7-15(26-14)12-4-3-5-13(20)8-12/h3-9,11H,10H2,1-2H3/b16-9+. The Morgan fingerprint density at radius 1 is 1.30 bits per heavy atom. The Balaban J connectivity index is 1.75. The van der Waals surface area contributed by atoms with Crippen molar-refractivity contribution in [2.75, 3.05) is 6.54 Å². The molecule has 1 aromatic carbocycles. The average Bonchev–Trinajstić information content (AvgIpc) is 3.15. The Hall–Kier alpha value is -2.32. The van der Waals surface area contributed by atoms with Crippen molar-refractivity contribution in [3.63, 3.8) is 0 Å². The molecule has 0 unspecified atom stereocenters. The molecule has 0 atom stereocenters. The second-order valence-corrected chi connectivity index (χ2v) is 7.93. The van der Waals surface area contributed by atoms with Crippen LogP contribution in [-0.2, 0) is 14.3 Å². The first kappa shape index (κ1) is 19.4. The molecule has 0 saturated carbocycles. The number of imide groups is 1. The molecule has 0 bridgehead atoms. The number of carbonyl (C=O) groups is 3. The van der Waals surface area contributed by atoms with Crippen molar-refractivity contribution in [3.8, 4) is 11.3 Å². The van der Waals surface area contributed by atoms with E-state index in [2.05, 4.69) is 15.9 Å². The number of halogens is 1. The lowest BCUT2D eigenvalue weighted by Crippen LogP contribution is -2.35. The largest absolute Gasteiger partial charge is 0.462 e. The molecule has 0 N–H and O–H groups in total. The van der Waals surface area contributed by atoms with Crippen LogP contribution in [0.1, 0.15) is 19.6 Å². The normalized spacial score (nSPS) is 15.9. The third-order valence-electron chi connectivity index (χ3n) is 3.54. The minimum absolute atomic E-state index is 0.201. The van der Waals surface area contributed by atoms with E-state index in [0.29, 0.717) is 11.5 Å². The molecule has 1 aromatic heterocycles. The minimum Gasteiger partial charge on any atom is -0.462 e. The fourth-order valence-corrected chi connectivity index (χ4v) is 3.64. The van der Waals surface area contributed by atoms with Crippen molar-refractivity contribution in [1.29, 1.82) is 0 Å². The van der Waals surface area contributed by atoms with E-state index in [1.54, 1.807) is 26.0 Å². The van der Waals surface area contributed by atoms with Gasteiger partial charge in [0.2, 0.25) is 0 Å². The van der Waals surface area contributed by atoms with E-state index >= 15 is 0 Å². The van der Waals surface area contributed by atoms with Crippen LogP contribution in [0.15, 0.2) is 50.2 Å². The maximum Gasteiger partial charge on any atom is 0.326 e. The number of hydrogen-bond donors (Lipinski definition) is 0. The average molecular weight is 450 g/mol. The zero-order chi connectivity index (χ0) is 19.6. The van der Waals surface area contributed by atoms with Gasteiger partial charge in [-0.15, -0.1) is 0 Å². The molecular formula is C19H16BrNO5S. The van der Waals surface area contributed by atoms with Crippen molar-refractivity contribution < 1.29 is 23.5 Å². The highest BCUT2D eigenvalue weighted by Gasteiger charge is 2.37. The molecule has 3 rings (SSSR count). The van der Waals surface area contributed by atoms with Gasteiger partial charge in [-0.05, 0) is 49.9 Å². The maximum absolute atomic E-state index is 12.4. The quantitative estimate of drug-likeness (QED) is 0.486. The lowest BCUT2D eigenvalue weighted by atomic mass is 10.2. The molecule has 1 saturated heterocycles. The lowest BCUT2D eigenvalue weighted by Gasteiger charge is -2.13. The van der Waals surface area contributed by atoms with E-state index in [4.69, 9.17) is 9.15 Å². The molecule has 8 heteroatoms. The zero-order valence-corrected chi connectivity index (χ0v) is 17.0. The Morgan fingerprint density at radius 3 is 2.78 bits per heavy atom. The van der Waals surface area contributed by atoms with Crippen LogP contribution in [0.3, 0.4) is 0 Å². The number of benzene rings is 1. The molecule has 1 aliphatic heterocycles. The van der Waals surface area contributed by atoms with E-state index in [9.17, 15) is 14.4 Å². The van der Waals surface area contributed by atoms with Gasteiger partial charge >= 0.3 is 5.97 Å². The summed E-state index contributed by atoms with van der Waals surface area (Å²) in [5.74, 6) is -0.0721. The summed E-state index contributed by atoms with van der Waals surface area (Å²) in [5.41, 5.74) is 0.883. The number of ether oxygens (including phenoxy) is 1. The molecule has 140 valence electrons. The van der Waals surface area contributed by atoms with Crippen LogP contribution < -0.4 is 0 Å². The number of amides is 2. The van der Waals surface area contributed by atoms with Crippen LogP contribution >= 0.6 is 27.7 Å². The van der Waals surface area contributed by atoms with E-state index < -0.39 is 23.7 Å². The Bertz CT molecular complexity index is 934. The van der Waals surface area contributed by atoms with Crippen LogP contribution in [0.25, 0.3) is 17.4 Å². The van der Waals surface area contributed by atoms with Crippen LogP contribution in [0.4, 0.5) is 4.79 Å². The summed E-state index contributed by atoms with van der Waals surface area (Å²) in [7, 11) is 0. The van der Waals surface area contributed by atoms with Gasteiger partial charge in [0.1, 0.15) is 18.1 Å². The first-order valence-corrected chi connectivity index (χ1v) is 9.75. The van der Waals surface area contributed by atoms with Crippen LogP contribution in [0.5, 0.6) is 0 Å². The van der Waals surface area contributed by atoms with Gasteiger partial charge < -0.3 is 9.15 Å². The molecule has 1 aliphatic rings. The van der Waals surface area contributed by atoms with Crippen molar-refractivity contribution >= 4 is 50.9 Å². The summed E-state index contributed by atoms with van der Waals surface area (Å²) < 4.78 is 11.7. The van der Waals surface area contributed by atoms with Gasteiger partial charge in [0.25, 0.3) is 11.1 Å². The van der Waals surface area contributed by atoms with E-state index in [1.165, 1.54) is 6.08 Å². The second-order valence-electron chi connectivity index (χ2n) is 6.02. The molecule has 2 heterocycles. The van der Waals surface area contributed by atoms with Gasteiger partial charge in [-0.25, -0.2) is 0 Å². The summed E-state index contributed by atoms with van der Waals surface area (Å²) in [6.45, 7) is 3.00. The van der Waals surface area contributed by atoms with Crippen LogP contribution in [0, 0.1) is 0 Å². The predicted molar refractivity (Wildman–Crippen MR) is 106 cm³/mol. The zero-order valence-electron chi connectivity index (χ0n) is 14.6. The summed E-state index contributed by atoms with van der Waals surface area (Å²) in [6.07, 6.45) is 1.19. The third-order valence-corrected chi connectivity index (χ3v) is 4.94. The fourth-order valence-electron chi connectivity index (χ4n) is 2.42. The van der Waals surface area contributed by atoms with Crippen LogP contribution in [-0.4, -0.2) is 34.7 Å². The predicted octanol–water partition coefficient (Wildman–Crippen LogP) is 4.70. The van der Waals surface area contributed by atoms with E-state index in [0.717, 1.165) is 26.7 Å². The minimum atomic E-state index is -0.622. The second kappa shape index (κ2) is 8.14. The van der Waals surface area contributed by atoms with E-state index in [-0.39, 0.29) is 11.0 Å². The number of rotatable bonds is 5. The molecule has 0 spiro atoms. The highest BCUT2D eigenvalue weighted by atomic mass is 79.9. The van der Waals surface area contributed by atoms with Crippen LogP contribution in [0.2, 0.25) is 0 Å². The van der Waals surface area contributed by atoms with Gasteiger partial charge in [0, 0.05) is 16.1 Å². The first-order valence-electron chi connectivity index (χ1n) is 8.14. The molecule has 2 amide bonds. The summed E-state index contributed by atoms with van der Waals surface area (Å²) in [4.78, 5) is 37.3. The van der Waals surface area contributed by atoms with Crippen molar-refractivity contribution in [3.05, 3.63) is 51.5 Å². The monoisotopic (exact) mass is 449 g/mol. The lowest BCUT2D eigenvalue weighted by molar-refractivity contribution is -0.149. The smallest absolute Gasteiger partial charge is 0.326 e. The highest BCUT2D eigenvalue weighted by Crippen LogP contribution is 2.33. The Labute approximate surface area is 168 Å². The van der Waals surface area contributed by atoms with Crippen molar-refractivity contribution in [1.82, 2.24) is 4.90 Å². The number of carbonyl (C=O) groups excluding carboxylic acids is 3. The molecule has 0 radical (unpaired) electrons. The Kier molecular flexibility index (Phi) is 5.86. The maximum atomic E-state index is 12.4. The SMILES string of the molecule is CC(C)OC(=O)CN1C(=O)S/C(=C/c2ccc(-c3cccc(Br)c3)o2)C1=O. The van der Waals surface area contributed by atoms with Gasteiger partial charge in [0.15, 0.2) is 0 Å². The fraction of sp³-hybridized carbons (Fsp3) is 0.211. The van der Waals surface area contributed by atoms with Gasteiger partial charge in [-0.3, -0.25) is 19.3 Å². The van der Waals surface area contributed by atoms with Crippen molar-refractivity contribution in [2.24, 2.45) is 0 Å². The Morgan fingerprint density at radius 2 is 2.07 bits per heavy atom. The first-order chi connectivity index (χ1) is 12.8. The molecular weight excluding hydrogens is 434 g/mol. The van der Waals surface area contributed by atoms with Gasteiger partial charge in [0.05, 0.1) is 11.0 Å². The van der Waals surface area contributed by atoms with E-state index in [1.807, 2.05) is 24.3 Å². The molecule has 2 aromatic rings. The molecule has 0 aliphatic carbocycles. The van der Waals surface area contributed by atoms with Gasteiger partial charge in [-0.1, -0.05) is 28.1 Å².